The van der Waals surface area contributed by atoms with E-state index in [1.165, 1.54) is 30.8 Å². The van der Waals surface area contributed by atoms with Gasteiger partial charge in [-0.1, -0.05) is 6.42 Å². The van der Waals surface area contributed by atoms with E-state index in [4.69, 9.17) is 5.73 Å². The molecule has 1 aliphatic heterocycles. The second-order valence-electron chi connectivity index (χ2n) is 3.91. The Morgan fingerprint density at radius 2 is 2.47 bits per heavy atom. The van der Waals surface area contributed by atoms with E-state index in [2.05, 4.69) is 25.8 Å². The summed E-state index contributed by atoms with van der Waals surface area (Å²) in [5, 5.41) is 1.18. The van der Waals surface area contributed by atoms with Crippen LogP contribution in [0.15, 0.2) is 9.98 Å². The van der Waals surface area contributed by atoms with Crippen molar-refractivity contribution in [1.82, 2.24) is 9.88 Å². The van der Waals surface area contributed by atoms with Crippen molar-refractivity contribution in [2.45, 2.75) is 31.8 Å². The van der Waals surface area contributed by atoms with E-state index in [9.17, 15) is 0 Å². The molecule has 3 nitrogen and oxygen atoms in total. The van der Waals surface area contributed by atoms with Crippen molar-refractivity contribution in [3.63, 3.8) is 0 Å². The lowest BCUT2D eigenvalue weighted by Crippen LogP contribution is -2.43. The van der Waals surface area contributed by atoms with Crippen LogP contribution in [0.4, 0.5) is 0 Å². The lowest BCUT2D eigenvalue weighted by Gasteiger charge is -2.34. The molecule has 0 aromatic carbocycles. The Morgan fingerprint density at radius 3 is 3.13 bits per heavy atom. The first-order valence-corrected chi connectivity index (χ1v) is 6.95. The maximum absolute atomic E-state index is 5.78. The molecule has 1 saturated heterocycles. The van der Waals surface area contributed by atoms with Gasteiger partial charge in [-0.3, -0.25) is 4.90 Å². The van der Waals surface area contributed by atoms with Crippen LogP contribution in [-0.4, -0.2) is 29.0 Å². The Kier molecular flexibility index (Phi) is 4.13. The number of halogens is 1. The molecule has 1 aliphatic rings. The number of likely N-dealkylation sites (tertiary alicyclic amines) is 1. The molecular formula is C10H16BrN3S. The molecule has 15 heavy (non-hydrogen) atoms. The molecule has 1 atom stereocenters. The second-order valence-corrected chi connectivity index (χ2v) is 6.41. The summed E-state index contributed by atoms with van der Waals surface area (Å²) in [6, 6.07) is 0.557. The molecule has 2 N–H and O–H groups in total. The monoisotopic (exact) mass is 289 g/mol. The van der Waals surface area contributed by atoms with Crippen LogP contribution < -0.4 is 5.73 Å². The number of hydrogen-bond acceptors (Lipinski definition) is 4. The standard InChI is InChI=1S/C10H16BrN3S/c11-9-6-13-10(15-9)7-14-4-2-1-3-8(14)5-12/h6,8H,1-5,7,12H2. The minimum Gasteiger partial charge on any atom is -0.329 e. The average Bonchev–Trinajstić information content (AvgIpc) is 2.65. The zero-order chi connectivity index (χ0) is 10.7. The molecule has 5 heteroatoms. The molecule has 2 heterocycles. The maximum Gasteiger partial charge on any atom is 0.108 e. The van der Waals surface area contributed by atoms with Crippen LogP contribution in [0.2, 0.25) is 0 Å². The van der Waals surface area contributed by atoms with Crippen LogP contribution in [0.25, 0.3) is 0 Å². The van der Waals surface area contributed by atoms with Gasteiger partial charge in [0, 0.05) is 12.6 Å². The van der Waals surface area contributed by atoms with Gasteiger partial charge in [-0.25, -0.2) is 4.98 Å². The summed E-state index contributed by atoms with van der Waals surface area (Å²) < 4.78 is 1.11. The highest BCUT2D eigenvalue weighted by Crippen LogP contribution is 2.23. The number of thiazole rings is 1. The fourth-order valence-corrected chi connectivity index (χ4v) is 3.40. The first-order valence-electron chi connectivity index (χ1n) is 5.34. The van der Waals surface area contributed by atoms with Gasteiger partial charge >= 0.3 is 0 Å². The first kappa shape index (κ1) is 11.5. The summed E-state index contributed by atoms with van der Waals surface area (Å²) in [4.78, 5) is 6.83. The molecule has 0 radical (unpaired) electrons. The van der Waals surface area contributed by atoms with Crippen LogP contribution >= 0.6 is 27.3 Å². The number of rotatable bonds is 3. The Hall–Kier alpha value is 0.0300. The van der Waals surface area contributed by atoms with Gasteiger partial charge in [0.1, 0.15) is 5.01 Å². The third-order valence-corrected chi connectivity index (χ3v) is 4.35. The van der Waals surface area contributed by atoms with Crippen molar-refractivity contribution < 1.29 is 0 Å². The van der Waals surface area contributed by atoms with Crippen LogP contribution in [0.5, 0.6) is 0 Å². The molecule has 0 aliphatic carbocycles. The molecule has 0 bridgehead atoms. The van der Waals surface area contributed by atoms with E-state index in [0.717, 1.165) is 16.9 Å². The van der Waals surface area contributed by atoms with Gasteiger partial charge in [0.05, 0.1) is 16.5 Å². The normalized spacial score (nSPS) is 23.2. The SMILES string of the molecule is NCC1CCCCN1Cc1ncc(Br)s1. The minimum atomic E-state index is 0.557. The van der Waals surface area contributed by atoms with Crippen LogP contribution in [0.3, 0.4) is 0 Å². The van der Waals surface area contributed by atoms with Crippen molar-refractivity contribution in [2.24, 2.45) is 5.73 Å². The van der Waals surface area contributed by atoms with Crippen LogP contribution in [0, 0.1) is 0 Å². The van der Waals surface area contributed by atoms with E-state index < -0.39 is 0 Å². The summed E-state index contributed by atoms with van der Waals surface area (Å²) in [6.45, 7) is 2.89. The zero-order valence-corrected chi connectivity index (χ0v) is 11.1. The zero-order valence-electron chi connectivity index (χ0n) is 8.66. The van der Waals surface area contributed by atoms with E-state index >= 15 is 0 Å². The summed E-state index contributed by atoms with van der Waals surface area (Å²) in [7, 11) is 0. The quantitative estimate of drug-likeness (QED) is 0.928. The second kappa shape index (κ2) is 5.39. The summed E-state index contributed by atoms with van der Waals surface area (Å²) in [6.07, 6.45) is 5.73. The smallest absolute Gasteiger partial charge is 0.108 e. The van der Waals surface area contributed by atoms with Crippen molar-refractivity contribution in [1.29, 1.82) is 0 Å². The van der Waals surface area contributed by atoms with Gasteiger partial charge in [0.2, 0.25) is 0 Å². The van der Waals surface area contributed by atoms with Crippen LogP contribution in [0.1, 0.15) is 24.3 Å². The minimum absolute atomic E-state index is 0.557. The largest absolute Gasteiger partial charge is 0.329 e. The van der Waals surface area contributed by atoms with Gasteiger partial charge in [-0.15, -0.1) is 11.3 Å². The topological polar surface area (TPSA) is 42.1 Å². The molecule has 2 rings (SSSR count). The third kappa shape index (κ3) is 3.00. The number of aromatic nitrogens is 1. The Bertz CT molecular complexity index is 315. The third-order valence-electron chi connectivity index (χ3n) is 2.88. The van der Waals surface area contributed by atoms with Crippen molar-refractivity contribution in [3.8, 4) is 0 Å². The highest BCUT2D eigenvalue weighted by Gasteiger charge is 2.21. The predicted octanol–water partition coefficient (Wildman–Crippen LogP) is 2.22. The van der Waals surface area contributed by atoms with Gasteiger partial charge in [0.25, 0.3) is 0 Å². The summed E-state index contributed by atoms with van der Waals surface area (Å²) in [5.41, 5.74) is 5.78. The molecule has 0 amide bonds. The number of piperidine rings is 1. The number of nitrogens with zero attached hydrogens (tertiary/aromatic N) is 2. The highest BCUT2D eigenvalue weighted by atomic mass is 79.9. The average molecular weight is 290 g/mol. The van der Waals surface area contributed by atoms with E-state index in [-0.39, 0.29) is 0 Å². The predicted molar refractivity (Wildman–Crippen MR) is 66.9 cm³/mol. The molecule has 1 fully saturated rings. The fraction of sp³-hybridized carbons (Fsp3) is 0.700. The molecule has 0 spiro atoms. The Morgan fingerprint density at radius 1 is 1.60 bits per heavy atom. The molecular weight excluding hydrogens is 274 g/mol. The lowest BCUT2D eigenvalue weighted by molar-refractivity contribution is 0.144. The van der Waals surface area contributed by atoms with Gasteiger partial charge in [0.15, 0.2) is 0 Å². The Labute approximate surface area is 103 Å². The van der Waals surface area contributed by atoms with E-state index in [1.807, 2.05) is 6.20 Å². The summed E-state index contributed by atoms with van der Waals surface area (Å²) >= 11 is 5.16. The van der Waals surface area contributed by atoms with Gasteiger partial charge in [-0.05, 0) is 35.3 Å². The highest BCUT2D eigenvalue weighted by molar-refractivity contribution is 9.11. The lowest BCUT2D eigenvalue weighted by atomic mass is 10.0. The fourth-order valence-electron chi connectivity index (χ4n) is 2.07. The molecule has 84 valence electrons. The van der Waals surface area contributed by atoms with E-state index in [1.54, 1.807) is 11.3 Å². The number of hydrogen-bond donors (Lipinski definition) is 1. The van der Waals surface area contributed by atoms with Crippen molar-refractivity contribution >= 4 is 27.3 Å². The first-order chi connectivity index (χ1) is 7.29. The van der Waals surface area contributed by atoms with Crippen LogP contribution in [-0.2, 0) is 6.54 Å². The Balaban J connectivity index is 1.97. The van der Waals surface area contributed by atoms with Gasteiger partial charge in [-0.2, -0.15) is 0 Å². The molecule has 0 saturated carbocycles. The number of nitrogens with two attached hydrogens (primary N) is 1. The molecule has 1 aromatic rings. The molecule has 1 unspecified atom stereocenters. The van der Waals surface area contributed by atoms with E-state index in [0.29, 0.717) is 6.04 Å². The summed E-state index contributed by atoms with van der Waals surface area (Å²) in [5.74, 6) is 0. The van der Waals surface area contributed by atoms with Crippen molar-refractivity contribution in [3.05, 3.63) is 15.0 Å². The molecule has 1 aromatic heterocycles. The van der Waals surface area contributed by atoms with Crippen molar-refractivity contribution in [2.75, 3.05) is 13.1 Å². The maximum atomic E-state index is 5.78. The van der Waals surface area contributed by atoms with Gasteiger partial charge < -0.3 is 5.73 Å².